The largest absolute Gasteiger partial charge is 0.480 e. The highest BCUT2D eigenvalue weighted by Gasteiger charge is 2.45. The third-order valence-electron chi connectivity index (χ3n) is 23.5. The van der Waals surface area contributed by atoms with Gasteiger partial charge in [-0.3, -0.25) is 101 Å². The van der Waals surface area contributed by atoms with Crippen molar-refractivity contribution in [2.75, 3.05) is 62.3 Å². The van der Waals surface area contributed by atoms with E-state index >= 15 is 52.7 Å². The first kappa shape index (κ1) is 113. The monoisotopic (exact) mass is 2040 g/mol. The highest BCUT2D eigenvalue weighted by Crippen LogP contribution is 2.24. The highest BCUT2D eigenvalue weighted by molar-refractivity contribution is 8.00. The van der Waals surface area contributed by atoms with E-state index in [9.17, 15) is 68.1 Å². The summed E-state index contributed by atoms with van der Waals surface area (Å²) in [6.07, 6.45) is -7.39. The molecule has 3 aromatic carbocycles. The minimum Gasteiger partial charge on any atom is -0.480 e. The van der Waals surface area contributed by atoms with Crippen LogP contribution in [-0.2, 0) is 125 Å². The molecule has 5 heterocycles. The number of nitrogens with two attached hydrogens (primary N) is 4. The number of carbonyl (C=O) groups is 22. The molecule has 0 saturated carbocycles. The molecule has 0 aliphatic carbocycles. The van der Waals surface area contributed by atoms with Crippen LogP contribution in [0.25, 0.3) is 0 Å². The number of nitrogens with one attached hydrogen (secondary N) is 20. The van der Waals surface area contributed by atoms with Crippen LogP contribution in [0, 0.1) is 11.3 Å². The van der Waals surface area contributed by atoms with E-state index in [2.05, 4.69) is 90.4 Å². The number of hydrogen-bond acceptors (Lipinski definition) is 29. The van der Waals surface area contributed by atoms with E-state index in [0.717, 1.165) is 0 Å². The summed E-state index contributed by atoms with van der Waals surface area (Å²) in [5, 5.41) is 85.1. The molecule has 2 unspecified atom stereocenters. The molecule has 5 saturated heterocycles. The zero-order valence-electron chi connectivity index (χ0n) is 78.4. The van der Waals surface area contributed by atoms with Gasteiger partial charge in [0.15, 0.2) is 12.1 Å². The maximum absolute atomic E-state index is 16.2. The average Bonchev–Trinajstić information content (AvgIpc) is 1.70. The van der Waals surface area contributed by atoms with Gasteiger partial charge in [-0.1, -0.05) is 119 Å². The number of aliphatic hydroxyl groups is 1. The van der Waals surface area contributed by atoms with Crippen LogP contribution in [0.2, 0.25) is 0 Å². The fourth-order valence-electron chi connectivity index (χ4n) is 15.6. The number of aliphatic hydroxyl groups excluding tert-OH is 1. The van der Waals surface area contributed by atoms with E-state index in [-0.39, 0.29) is 71.0 Å². The van der Waals surface area contributed by atoms with Gasteiger partial charge in [-0.2, -0.15) is 35.3 Å². The zero-order chi connectivity index (χ0) is 104. The first-order valence-corrected chi connectivity index (χ1v) is 49.3. The molecular formula is C89H125N25O25S3. The van der Waals surface area contributed by atoms with E-state index in [4.69, 9.17) is 28.3 Å². The lowest BCUT2D eigenvalue weighted by Gasteiger charge is -2.32. The topological polar surface area (TPSA) is 796 Å². The third kappa shape index (κ3) is 35.8. The Kier molecular flexibility index (Phi) is 44.8. The number of carbonyl (C=O) groups excluding carboxylic acids is 20. The molecule has 0 aromatic heterocycles. The predicted molar refractivity (Wildman–Crippen MR) is 514 cm³/mol. The number of primary amides is 2. The quantitative estimate of drug-likeness (QED) is 0.0229. The van der Waals surface area contributed by atoms with Crippen molar-refractivity contribution < 1.29 is 121 Å². The fraction of sp³-hybridized carbons (Fsp3) is 0.539. The van der Waals surface area contributed by atoms with Gasteiger partial charge >= 0.3 is 11.9 Å². The molecule has 5 aliphatic rings. The molecule has 3 aromatic rings. The van der Waals surface area contributed by atoms with Crippen molar-refractivity contribution in [2.45, 2.75) is 230 Å². The number of aliphatic carboxylic acids is 2. The summed E-state index contributed by atoms with van der Waals surface area (Å²) in [5.41, 5.74) is 24.6. The lowest BCUT2D eigenvalue weighted by Crippen LogP contribution is -2.64. The standard InChI is InChI=1S/C89H125N25O25S3/c1-43(2)66-84(133)109-59-41-140-40-58-79(128)108-60-42-142-45(4)68(86(135)105-55(75(124)110-66)34-48-22-12-7-13-23-48)111-76(125)54(33-47-20-10-6-11-21-47)104-82(131)61-26-17-31-114(61)65(118)38-98-72(121)53(32-46-18-8-5-9-19-46)103-78(127)57(106-80(60)129)36-95-29-15-14-24-52(87(136)137)102-85(134)67(112-77(126)56(35-63(92)116)99-64(117)37-97-83(132)69(113-81(59)130)70(119)88(138)139)44(3)141-39-49(90)71(120)100-50(25-16-30-96-89(93)94)73(122)101-51(74(123)107-58)27-28-62(91)115/h5-13,18-23,43-45,49-61,66-70,95,119H,14-17,24-42,90H2,1-4H3,(H2,91,115)(H2,92,116)(H,97,132)(H,98,121)(H,99,117)(H,100,120)(H,101,122)(H,102,134)(H,103,127)(H,104,131)(H,105,135)(H,106,129)(H,107,123)(H,108,128)(H,109,133)(H,110,124)(H,111,125)(H,112,126)(H,113,130)(H,136,137)(H,138,139)(H4,93,94,96)/t44-,45?,49-,50+,51+,52-,53+,54+,55+,56+,57+,58+,59-,60+,61+,66-,67?,68+,69+,70-/m1/s1. The van der Waals surface area contributed by atoms with Gasteiger partial charge in [0.2, 0.25) is 118 Å². The number of fused-ring (bicyclic) bond motifs is 22. The molecule has 50 nitrogen and oxygen atoms in total. The van der Waals surface area contributed by atoms with Crippen LogP contribution in [0.15, 0.2) is 91.0 Å². The minimum absolute atomic E-state index is 0.0274. The summed E-state index contributed by atoms with van der Waals surface area (Å²) >= 11 is 1.81. The summed E-state index contributed by atoms with van der Waals surface area (Å²) in [6.45, 7) is 2.41. The Bertz CT molecular complexity index is 5060. The number of carboxylic acid groups (broad SMARTS) is 2. The van der Waals surface area contributed by atoms with E-state index in [0.29, 0.717) is 52.0 Å². The second kappa shape index (κ2) is 56.0. The molecule has 5 aliphatic heterocycles. The number of hydrogen-bond donors (Lipinski definition) is 27. The number of amides is 20. The predicted octanol–water partition coefficient (Wildman–Crippen LogP) is -10.1. The van der Waals surface area contributed by atoms with Crippen molar-refractivity contribution in [1.82, 2.24) is 106 Å². The van der Waals surface area contributed by atoms with Crippen LogP contribution >= 0.6 is 35.3 Å². The number of rotatable bonds is 19. The second-order valence-electron chi connectivity index (χ2n) is 34.9. The Hall–Kier alpha value is -13.8. The second-order valence-corrected chi connectivity index (χ2v) is 38.8. The van der Waals surface area contributed by atoms with Crippen LogP contribution in [-0.4, -0.2) is 338 Å². The zero-order valence-corrected chi connectivity index (χ0v) is 80.8. The number of benzene rings is 3. The summed E-state index contributed by atoms with van der Waals surface area (Å²) in [6, 6.07) is -8.41. The Morgan fingerprint density at radius 3 is 1.47 bits per heavy atom. The number of thioether (sulfide) groups is 3. The molecule has 142 heavy (non-hydrogen) atoms. The van der Waals surface area contributed by atoms with Crippen LogP contribution < -0.4 is 124 Å². The van der Waals surface area contributed by atoms with Gasteiger partial charge in [-0.05, 0) is 80.5 Å². The van der Waals surface area contributed by atoms with E-state index in [1.807, 2.05) is 10.6 Å². The molecule has 6 bridgehead atoms. The summed E-state index contributed by atoms with van der Waals surface area (Å²) in [5.74, 6) is -33.2. The molecule has 53 heteroatoms. The van der Waals surface area contributed by atoms with Gasteiger partial charge in [0, 0.05) is 78.8 Å². The molecule has 0 radical (unpaired) electrons. The minimum atomic E-state index is -2.99. The van der Waals surface area contributed by atoms with Gasteiger partial charge in [0.05, 0.1) is 25.6 Å². The number of carboxylic acids is 2. The van der Waals surface area contributed by atoms with E-state index in [1.54, 1.807) is 91.0 Å². The van der Waals surface area contributed by atoms with Gasteiger partial charge in [0.1, 0.15) is 96.7 Å². The van der Waals surface area contributed by atoms with E-state index in [1.165, 1.54) is 32.6 Å². The van der Waals surface area contributed by atoms with Crippen molar-refractivity contribution in [3.63, 3.8) is 0 Å². The van der Waals surface area contributed by atoms with Crippen molar-refractivity contribution >= 4 is 171 Å². The van der Waals surface area contributed by atoms with Gasteiger partial charge in [-0.25, -0.2) is 9.59 Å². The fourth-order valence-corrected chi connectivity index (χ4v) is 18.8. The normalized spacial score (nSPS) is 28.0. The van der Waals surface area contributed by atoms with Crippen molar-refractivity contribution in [1.29, 1.82) is 5.41 Å². The maximum Gasteiger partial charge on any atom is 0.335 e. The number of guanidine groups is 1. The highest BCUT2D eigenvalue weighted by atomic mass is 32.2. The molecule has 8 rings (SSSR count). The Labute approximate surface area is 828 Å². The maximum atomic E-state index is 16.2. The van der Waals surface area contributed by atoms with Gasteiger partial charge < -0.3 is 144 Å². The Morgan fingerprint density at radius 2 is 0.915 bits per heavy atom. The molecule has 5 fully saturated rings. The van der Waals surface area contributed by atoms with Crippen molar-refractivity contribution in [3.8, 4) is 0 Å². The first-order chi connectivity index (χ1) is 67.4. The van der Waals surface area contributed by atoms with Crippen LogP contribution in [0.3, 0.4) is 0 Å². The number of nitrogens with zero attached hydrogens (tertiary/aromatic N) is 1. The third-order valence-corrected chi connectivity index (χ3v) is 27.3. The van der Waals surface area contributed by atoms with Crippen LogP contribution in [0.1, 0.15) is 109 Å². The average molecular weight is 2040 g/mol. The summed E-state index contributed by atoms with van der Waals surface area (Å²) in [4.78, 5) is 327. The molecule has 31 N–H and O–H groups in total. The lowest BCUT2D eigenvalue weighted by molar-refractivity contribution is -0.152. The van der Waals surface area contributed by atoms with Gasteiger partial charge in [0.25, 0.3) is 0 Å². The smallest absolute Gasteiger partial charge is 0.335 e. The van der Waals surface area contributed by atoms with Crippen LogP contribution in [0.5, 0.6) is 0 Å². The summed E-state index contributed by atoms with van der Waals surface area (Å²) < 4.78 is 0. The lowest BCUT2D eigenvalue weighted by atomic mass is 10.00. The van der Waals surface area contributed by atoms with Crippen LogP contribution in [0.4, 0.5) is 0 Å². The molecule has 20 atom stereocenters. The first-order valence-electron chi connectivity index (χ1n) is 46.0. The van der Waals surface area contributed by atoms with Crippen molar-refractivity contribution in [2.24, 2.45) is 28.9 Å². The molecule has 20 amide bonds. The van der Waals surface area contributed by atoms with Crippen molar-refractivity contribution in [3.05, 3.63) is 108 Å². The Balaban J connectivity index is 1.43. The molecule has 774 valence electrons. The molecule has 0 spiro atoms. The SMILES string of the molecule is CC1SC[C@@H]2NC(=O)[C@@H]3CSC[C@H]4NC(=O)[C@@H](C(C)C)NC(=O)[C@H](Cc5ccccc5)NC(=O)[C@H]1NC(=O)[C@H](Cc1ccccc1)NC(=O)[C@@H]1CCCN1C(=O)CNC(=O)[C@H](Cc1ccccc1)NC(=O)[C@H](CNCCCC[C@H](C(=O)O)NC(=O)C(NC(=O)[C@H](CC(N)=O)NC(=O)CNC(=O)[C@H]([C@@H](O)C(=O)O)NC4=O)[C@@H](C)SC[C@@H](N)C(=O)N[C@@H](CCCNC(=N)N)C(=O)N[C@@H](CCC(N)=O)C(=O)N3)NC2=O. The summed E-state index contributed by atoms with van der Waals surface area (Å²) in [7, 11) is 0. The van der Waals surface area contributed by atoms with E-state index < -0.39 is 336 Å². The molecular weight excluding hydrogens is 1920 g/mol. The van der Waals surface area contributed by atoms with Gasteiger partial charge in [-0.15, -0.1) is 0 Å². The Morgan fingerprint density at radius 1 is 0.458 bits per heavy atom.